The highest BCUT2D eigenvalue weighted by atomic mass is 31.2. The number of carbonyl (C=O) groups excluding carboxylic acids is 1. The minimum absolute atomic E-state index is 0.0114. The summed E-state index contributed by atoms with van der Waals surface area (Å²) in [5.41, 5.74) is 0.898. The molecule has 1 rings (SSSR count). The first-order valence-electron chi connectivity index (χ1n) is 6.25. The Bertz CT molecular complexity index is 465. The van der Waals surface area contributed by atoms with Crippen molar-refractivity contribution in [1.29, 1.82) is 0 Å². The SMILES string of the molecule is COP(=O)(O)CC(C)CNC(=O)OCc1ccccc1. The molecule has 1 aromatic carbocycles. The lowest BCUT2D eigenvalue weighted by atomic mass is 10.2. The molecule has 0 spiro atoms. The monoisotopic (exact) mass is 301 g/mol. The molecule has 6 nitrogen and oxygen atoms in total. The van der Waals surface area contributed by atoms with Crippen LogP contribution in [0.5, 0.6) is 0 Å². The molecule has 0 heterocycles. The van der Waals surface area contributed by atoms with E-state index in [1.165, 1.54) is 7.11 Å². The number of amides is 1. The van der Waals surface area contributed by atoms with Gasteiger partial charge >= 0.3 is 13.7 Å². The summed E-state index contributed by atoms with van der Waals surface area (Å²) < 4.78 is 20.8. The molecule has 7 heteroatoms. The number of benzene rings is 1. The van der Waals surface area contributed by atoms with E-state index in [0.717, 1.165) is 5.56 Å². The Kier molecular flexibility index (Phi) is 6.71. The van der Waals surface area contributed by atoms with Gasteiger partial charge in [-0.05, 0) is 11.5 Å². The van der Waals surface area contributed by atoms with Gasteiger partial charge in [0.15, 0.2) is 0 Å². The molecule has 1 amide bonds. The van der Waals surface area contributed by atoms with Crippen molar-refractivity contribution in [3.8, 4) is 0 Å². The molecule has 0 aliphatic carbocycles. The van der Waals surface area contributed by atoms with Gasteiger partial charge in [0.1, 0.15) is 6.61 Å². The molecule has 112 valence electrons. The average Bonchev–Trinajstić information content (AvgIpc) is 2.43. The Morgan fingerprint density at radius 1 is 1.40 bits per heavy atom. The summed E-state index contributed by atoms with van der Waals surface area (Å²) in [4.78, 5) is 20.8. The summed E-state index contributed by atoms with van der Waals surface area (Å²) in [6, 6.07) is 9.33. The van der Waals surface area contributed by atoms with Crippen LogP contribution in [0.15, 0.2) is 30.3 Å². The fourth-order valence-electron chi connectivity index (χ4n) is 1.56. The largest absolute Gasteiger partial charge is 0.445 e. The Labute approximate surface area is 118 Å². The minimum Gasteiger partial charge on any atom is -0.445 e. The molecular weight excluding hydrogens is 281 g/mol. The van der Waals surface area contributed by atoms with Gasteiger partial charge in [-0.3, -0.25) is 4.57 Å². The van der Waals surface area contributed by atoms with Crippen LogP contribution in [0.4, 0.5) is 4.79 Å². The van der Waals surface area contributed by atoms with Gasteiger partial charge < -0.3 is 19.5 Å². The lowest BCUT2D eigenvalue weighted by molar-refractivity contribution is 0.138. The maximum atomic E-state index is 11.5. The predicted molar refractivity (Wildman–Crippen MR) is 75.5 cm³/mol. The fourth-order valence-corrected chi connectivity index (χ4v) is 2.63. The summed E-state index contributed by atoms with van der Waals surface area (Å²) >= 11 is 0. The normalized spacial score (nSPS) is 15.2. The predicted octanol–water partition coefficient (Wildman–Crippen LogP) is 2.38. The van der Waals surface area contributed by atoms with Gasteiger partial charge in [-0.1, -0.05) is 37.3 Å². The Hall–Kier alpha value is -1.36. The fraction of sp³-hybridized carbons (Fsp3) is 0.462. The number of alkyl carbamates (subject to hydrolysis) is 1. The Morgan fingerprint density at radius 2 is 2.05 bits per heavy atom. The summed E-state index contributed by atoms with van der Waals surface area (Å²) in [5.74, 6) is -0.185. The molecule has 0 radical (unpaired) electrons. The highest BCUT2D eigenvalue weighted by molar-refractivity contribution is 7.52. The number of hydrogen-bond acceptors (Lipinski definition) is 4. The molecule has 20 heavy (non-hydrogen) atoms. The van der Waals surface area contributed by atoms with Crippen molar-refractivity contribution >= 4 is 13.7 Å². The van der Waals surface area contributed by atoms with E-state index in [0.29, 0.717) is 0 Å². The van der Waals surface area contributed by atoms with E-state index in [-0.39, 0.29) is 25.2 Å². The van der Waals surface area contributed by atoms with Gasteiger partial charge in [0.05, 0.1) is 6.16 Å². The average molecular weight is 301 g/mol. The number of hydrogen-bond donors (Lipinski definition) is 2. The molecule has 0 aliphatic heterocycles. The van der Waals surface area contributed by atoms with E-state index in [9.17, 15) is 14.3 Å². The number of carbonyl (C=O) groups is 1. The van der Waals surface area contributed by atoms with Crippen LogP contribution in [0.2, 0.25) is 0 Å². The third-order valence-electron chi connectivity index (χ3n) is 2.64. The Balaban J connectivity index is 2.25. The quantitative estimate of drug-likeness (QED) is 0.755. The summed E-state index contributed by atoms with van der Waals surface area (Å²) in [6.07, 6.45) is -0.562. The van der Waals surface area contributed by atoms with Crippen molar-refractivity contribution in [1.82, 2.24) is 5.32 Å². The first-order chi connectivity index (χ1) is 9.43. The topological polar surface area (TPSA) is 84.9 Å². The van der Waals surface area contributed by atoms with E-state index in [1.54, 1.807) is 6.92 Å². The lowest BCUT2D eigenvalue weighted by Crippen LogP contribution is -2.30. The molecule has 0 saturated carbocycles. The van der Waals surface area contributed by atoms with E-state index in [4.69, 9.17) is 4.74 Å². The highest BCUT2D eigenvalue weighted by Gasteiger charge is 2.21. The van der Waals surface area contributed by atoms with Crippen LogP contribution in [0.1, 0.15) is 12.5 Å². The number of ether oxygens (including phenoxy) is 1. The molecule has 0 aromatic heterocycles. The zero-order valence-corrected chi connectivity index (χ0v) is 12.5. The van der Waals surface area contributed by atoms with E-state index in [2.05, 4.69) is 9.84 Å². The second kappa shape index (κ2) is 8.04. The van der Waals surface area contributed by atoms with Crippen LogP contribution >= 0.6 is 7.60 Å². The van der Waals surface area contributed by atoms with Crippen LogP contribution < -0.4 is 5.32 Å². The maximum absolute atomic E-state index is 11.5. The molecule has 2 N–H and O–H groups in total. The molecule has 0 fully saturated rings. The van der Waals surface area contributed by atoms with E-state index in [1.807, 2.05) is 30.3 Å². The summed E-state index contributed by atoms with van der Waals surface area (Å²) in [5, 5.41) is 2.55. The first-order valence-corrected chi connectivity index (χ1v) is 8.01. The van der Waals surface area contributed by atoms with Crippen molar-refractivity contribution < 1.29 is 23.5 Å². The smallest absolute Gasteiger partial charge is 0.407 e. The highest BCUT2D eigenvalue weighted by Crippen LogP contribution is 2.42. The second-order valence-corrected chi connectivity index (χ2v) is 6.56. The van der Waals surface area contributed by atoms with Crippen molar-refractivity contribution in [3.63, 3.8) is 0 Å². The summed E-state index contributed by atoms with van der Waals surface area (Å²) in [7, 11) is -2.36. The van der Waals surface area contributed by atoms with Crippen molar-refractivity contribution in [2.24, 2.45) is 5.92 Å². The van der Waals surface area contributed by atoms with Crippen molar-refractivity contribution in [3.05, 3.63) is 35.9 Å². The van der Waals surface area contributed by atoms with Crippen molar-refractivity contribution in [2.45, 2.75) is 13.5 Å². The van der Waals surface area contributed by atoms with Gasteiger partial charge in [0, 0.05) is 13.7 Å². The van der Waals surface area contributed by atoms with Gasteiger partial charge in [-0.15, -0.1) is 0 Å². The van der Waals surface area contributed by atoms with Crippen LogP contribution in [0.25, 0.3) is 0 Å². The molecule has 0 aliphatic rings. The Morgan fingerprint density at radius 3 is 2.65 bits per heavy atom. The lowest BCUT2D eigenvalue weighted by Gasteiger charge is -2.15. The van der Waals surface area contributed by atoms with Gasteiger partial charge in [0.25, 0.3) is 0 Å². The molecule has 0 bridgehead atoms. The van der Waals surface area contributed by atoms with Gasteiger partial charge in [-0.25, -0.2) is 4.79 Å². The number of nitrogens with one attached hydrogen (secondary N) is 1. The number of rotatable bonds is 7. The van der Waals surface area contributed by atoms with Crippen LogP contribution in [-0.4, -0.2) is 30.8 Å². The molecule has 2 unspecified atom stereocenters. The van der Waals surface area contributed by atoms with Crippen LogP contribution in [0.3, 0.4) is 0 Å². The minimum atomic E-state index is -3.54. The zero-order valence-electron chi connectivity index (χ0n) is 11.6. The molecule has 1 aromatic rings. The molecule has 0 saturated heterocycles. The summed E-state index contributed by atoms with van der Waals surface area (Å²) in [6.45, 7) is 2.19. The maximum Gasteiger partial charge on any atom is 0.407 e. The third-order valence-corrected chi connectivity index (χ3v) is 4.29. The first kappa shape index (κ1) is 16.7. The molecular formula is C13H20NO5P. The van der Waals surface area contributed by atoms with Crippen LogP contribution in [-0.2, 0) is 20.4 Å². The van der Waals surface area contributed by atoms with Crippen molar-refractivity contribution in [2.75, 3.05) is 19.8 Å². The van der Waals surface area contributed by atoms with Crippen LogP contribution in [0, 0.1) is 5.92 Å². The second-order valence-electron chi connectivity index (χ2n) is 4.55. The molecule has 2 atom stereocenters. The van der Waals surface area contributed by atoms with E-state index < -0.39 is 13.7 Å². The van der Waals surface area contributed by atoms with Gasteiger partial charge in [-0.2, -0.15) is 0 Å². The van der Waals surface area contributed by atoms with Gasteiger partial charge in [0.2, 0.25) is 0 Å². The zero-order chi connectivity index (χ0) is 15.0. The third kappa shape index (κ3) is 6.70. The standard InChI is InChI=1S/C13H20NO5P/c1-11(10-20(16,17)18-2)8-14-13(15)19-9-12-6-4-3-5-7-12/h3-7,11H,8-10H2,1-2H3,(H,14,15)(H,16,17). The van der Waals surface area contributed by atoms with E-state index >= 15 is 0 Å².